The van der Waals surface area contributed by atoms with Crippen molar-refractivity contribution < 1.29 is 0 Å². The molecule has 0 saturated carbocycles. The summed E-state index contributed by atoms with van der Waals surface area (Å²) in [7, 11) is 0. The van der Waals surface area contributed by atoms with Gasteiger partial charge in [-0.25, -0.2) is 0 Å². The average Bonchev–Trinajstić information content (AvgIpc) is 3.00. The Morgan fingerprint density at radius 1 is 1.47 bits per heavy atom. The zero-order chi connectivity index (χ0) is 13.2. The fourth-order valence-corrected chi connectivity index (χ4v) is 3.02. The first-order valence-electron chi connectivity index (χ1n) is 6.24. The number of hydrogen-bond donors (Lipinski definition) is 3. The molecule has 1 atom stereocenters. The monoisotopic (exact) mass is 272 g/mol. The first kappa shape index (κ1) is 12.0. The number of hydrogen-bond acceptors (Lipinski definition) is 4. The molecule has 0 aliphatic rings. The van der Waals surface area contributed by atoms with Crippen molar-refractivity contribution in [1.82, 2.24) is 10.2 Å². The summed E-state index contributed by atoms with van der Waals surface area (Å²) in [6, 6.07) is 8.53. The summed E-state index contributed by atoms with van der Waals surface area (Å²) in [4.78, 5) is 1.38. The number of nitrogen functional groups attached to an aromatic ring is 1. The van der Waals surface area contributed by atoms with Crippen molar-refractivity contribution in [3.63, 3.8) is 0 Å². The summed E-state index contributed by atoms with van der Waals surface area (Å²) in [6.07, 6.45) is 2.78. The lowest BCUT2D eigenvalue weighted by Gasteiger charge is -2.16. The smallest absolute Gasteiger partial charge is 0.0672 e. The number of fused-ring (bicyclic) bond motifs is 1. The molecule has 98 valence electrons. The Labute approximate surface area is 115 Å². The van der Waals surface area contributed by atoms with E-state index in [4.69, 9.17) is 5.73 Å². The highest BCUT2D eigenvalue weighted by molar-refractivity contribution is 7.09. The van der Waals surface area contributed by atoms with Crippen LogP contribution in [-0.4, -0.2) is 16.2 Å². The van der Waals surface area contributed by atoms with Crippen molar-refractivity contribution in [2.45, 2.75) is 19.4 Å². The van der Waals surface area contributed by atoms with Crippen LogP contribution in [0.2, 0.25) is 0 Å². The largest absolute Gasteiger partial charge is 0.397 e. The van der Waals surface area contributed by atoms with Crippen molar-refractivity contribution in [2.75, 3.05) is 11.1 Å². The zero-order valence-electron chi connectivity index (χ0n) is 10.7. The molecule has 4 N–H and O–H groups in total. The molecule has 0 amide bonds. The zero-order valence-corrected chi connectivity index (χ0v) is 11.5. The molecule has 0 radical (unpaired) electrons. The highest BCUT2D eigenvalue weighted by Gasteiger charge is 2.08. The molecule has 1 aromatic carbocycles. The summed E-state index contributed by atoms with van der Waals surface area (Å²) in [6.45, 7) is 2.16. The van der Waals surface area contributed by atoms with E-state index in [0.717, 1.165) is 28.7 Å². The maximum atomic E-state index is 6.07. The Hall–Kier alpha value is -2.01. The molecule has 1 unspecified atom stereocenters. The molecule has 2 aromatic heterocycles. The van der Waals surface area contributed by atoms with Gasteiger partial charge in [-0.3, -0.25) is 5.10 Å². The second-order valence-corrected chi connectivity index (χ2v) is 5.76. The van der Waals surface area contributed by atoms with Crippen LogP contribution in [0, 0.1) is 0 Å². The van der Waals surface area contributed by atoms with E-state index in [1.54, 1.807) is 17.5 Å². The van der Waals surface area contributed by atoms with E-state index >= 15 is 0 Å². The molecule has 3 aromatic rings. The van der Waals surface area contributed by atoms with Gasteiger partial charge in [-0.15, -0.1) is 11.3 Å². The van der Waals surface area contributed by atoms with Crippen LogP contribution in [0.15, 0.2) is 35.8 Å². The van der Waals surface area contributed by atoms with E-state index in [-0.39, 0.29) is 0 Å². The maximum Gasteiger partial charge on any atom is 0.0672 e. The molecule has 0 aliphatic carbocycles. The summed E-state index contributed by atoms with van der Waals surface area (Å²) in [5.41, 5.74) is 8.78. The molecular weight excluding hydrogens is 256 g/mol. The topological polar surface area (TPSA) is 66.7 Å². The van der Waals surface area contributed by atoms with Gasteiger partial charge in [0, 0.05) is 22.7 Å². The van der Waals surface area contributed by atoms with E-state index < -0.39 is 0 Å². The third kappa shape index (κ3) is 2.56. The maximum absolute atomic E-state index is 6.07. The van der Waals surface area contributed by atoms with E-state index in [1.165, 1.54) is 4.88 Å². The quantitative estimate of drug-likeness (QED) is 0.639. The second kappa shape index (κ2) is 4.93. The number of thiophene rings is 1. The molecule has 19 heavy (non-hydrogen) atoms. The number of aromatic amines is 1. The minimum Gasteiger partial charge on any atom is -0.397 e. The van der Waals surface area contributed by atoms with Crippen LogP contribution in [0.4, 0.5) is 11.4 Å². The number of H-pyrrole nitrogens is 1. The number of rotatable bonds is 4. The average molecular weight is 272 g/mol. The Morgan fingerprint density at radius 2 is 2.37 bits per heavy atom. The van der Waals surface area contributed by atoms with Gasteiger partial charge in [0.05, 0.1) is 23.1 Å². The van der Waals surface area contributed by atoms with Crippen LogP contribution in [0.5, 0.6) is 0 Å². The van der Waals surface area contributed by atoms with Gasteiger partial charge in [0.1, 0.15) is 0 Å². The Balaban J connectivity index is 1.78. The summed E-state index contributed by atoms with van der Waals surface area (Å²) in [5.74, 6) is 0. The predicted molar refractivity (Wildman–Crippen MR) is 81.6 cm³/mol. The number of benzene rings is 1. The lowest BCUT2D eigenvalue weighted by atomic mass is 10.1. The first-order valence-corrected chi connectivity index (χ1v) is 7.12. The van der Waals surface area contributed by atoms with Crippen LogP contribution >= 0.6 is 11.3 Å². The van der Waals surface area contributed by atoms with Crippen LogP contribution in [0.3, 0.4) is 0 Å². The second-order valence-electron chi connectivity index (χ2n) is 4.73. The number of aromatic nitrogens is 2. The highest BCUT2D eigenvalue weighted by atomic mass is 32.1. The molecule has 0 bridgehead atoms. The normalized spacial score (nSPS) is 12.7. The number of nitrogens with one attached hydrogen (secondary N) is 2. The number of anilines is 2. The summed E-state index contributed by atoms with van der Waals surface area (Å²) >= 11 is 1.78. The molecule has 0 saturated heterocycles. The van der Waals surface area contributed by atoms with Gasteiger partial charge in [0.25, 0.3) is 0 Å². The fraction of sp³-hybridized carbons (Fsp3) is 0.214. The van der Waals surface area contributed by atoms with Gasteiger partial charge in [-0.2, -0.15) is 5.10 Å². The SMILES string of the molecule is CC(Cc1cccs1)Nc1cc2[nH]ncc2cc1N. The summed E-state index contributed by atoms with van der Waals surface area (Å²) in [5, 5.41) is 13.6. The first-order chi connectivity index (χ1) is 9.22. The van der Waals surface area contributed by atoms with E-state index in [0.29, 0.717) is 6.04 Å². The lowest BCUT2D eigenvalue weighted by molar-refractivity contribution is 0.801. The van der Waals surface area contributed by atoms with Crippen LogP contribution < -0.4 is 11.1 Å². The Morgan fingerprint density at radius 3 is 3.16 bits per heavy atom. The van der Waals surface area contributed by atoms with Crippen molar-refractivity contribution in [3.8, 4) is 0 Å². The molecule has 0 spiro atoms. The van der Waals surface area contributed by atoms with Crippen molar-refractivity contribution in [2.24, 2.45) is 0 Å². The minimum atomic E-state index is 0.335. The standard InChI is InChI=1S/C14H16N4S/c1-9(5-11-3-2-4-19-11)17-14-7-13-10(6-12(14)15)8-16-18-13/h2-4,6-9,17H,5,15H2,1H3,(H,16,18). The van der Waals surface area contributed by atoms with Crippen LogP contribution in [0.25, 0.3) is 10.9 Å². The minimum absolute atomic E-state index is 0.335. The fourth-order valence-electron chi connectivity index (χ4n) is 2.18. The molecule has 0 fully saturated rings. The lowest BCUT2D eigenvalue weighted by Crippen LogP contribution is -2.18. The molecule has 5 heteroatoms. The molecule has 4 nitrogen and oxygen atoms in total. The molecule has 2 heterocycles. The molecular formula is C14H16N4S. The third-order valence-electron chi connectivity index (χ3n) is 3.10. The predicted octanol–water partition coefficient (Wildman–Crippen LogP) is 3.25. The number of nitrogens with two attached hydrogens (primary N) is 1. The summed E-state index contributed by atoms with van der Waals surface area (Å²) < 4.78 is 0. The van der Waals surface area contributed by atoms with Gasteiger partial charge in [0.2, 0.25) is 0 Å². The van der Waals surface area contributed by atoms with Crippen molar-refractivity contribution in [1.29, 1.82) is 0 Å². The van der Waals surface area contributed by atoms with Crippen molar-refractivity contribution in [3.05, 3.63) is 40.7 Å². The van der Waals surface area contributed by atoms with Crippen LogP contribution in [-0.2, 0) is 6.42 Å². The number of nitrogens with zero attached hydrogens (tertiary/aromatic N) is 1. The molecule has 3 rings (SSSR count). The van der Waals surface area contributed by atoms with Gasteiger partial charge in [-0.1, -0.05) is 6.07 Å². The van der Waals surface area contributed by atoms with Crippen LogP contribution in [0.1, 0.15) is 11.8 Å². The van der Waals surface area contributed by atoms with E-state index in [9.17, 15) is 0 Å². The van der Waals surface area contributed by atoms with Gasteiger partial charge < -0.3 is 11.1 Å². The van der Waals surface area contributed by atoms with Gasteiger partial charge in [-0.05, 0) is 30.5 Å². The molecule has 0 aliphatic heterocycles. The van der Waals surface area contributed by atoms with Gasteiger partial charge >= 0.3 is 0 Å². The third-order valence-corrected chi connectivity index (χ3v) is 4.00. The van der Waals surface area contributed by atoms with E-state index in [2.05, 4.69) is 40.0 Å². The highest BCUT2D eigenvalue weighted by Crippen LogP contribution is 2.25. The van der Waals surface area contributed by atoms with Crippen molar-refractivity contribution >= 4 is 33.6 Å². The Kier molecular flexibility index (Phi) is 3.13. The van der Waals surface area contributed by atoms with Gasteiger partial charge in [0.15, 0.2) is 0 Å². The van der Waals surface area contributed by atoms with E-state index in [1.807, 2.05) is 12.1 Å². The Bertz CT molecular complexity index is 672.